The van der Waals surface area contributed by atoms with Crippen LogP contribution in [0.3, 0.4) is 0 Å². The molecular formula is C14H16N2O3. The SMILES string of the molecule is Nc1ccc2c(c1)C(=O)N(CCC1CCCO1)C2=O. The molecule has 0 bridgehead atoms. The Bertz CT molecular complexity index is 535. The Morgan fingerprint density at radius 3 is 2.79 bits per heavy atom. The van der Waals surface area contributed by atoms with E-state index in [2.05, 4.69) is 0 Å². The van der Waals surface area contributed by atoms with Crippen LogP contribution in [0.5, 0.6) is 0 Å². The van der Waals surface area contributed by atoms with Crippen LogP contribution in [0.15, 0.2) is 18.2 Å². The van der Waals surface area contributed by atoms with Crippen LogP contribution in [0.1, 0.15) is 40.0 Å². The van der Waals surface area contributed by atoms with Crippen LogP contribution in [0.25, 0.3) is 0 Å². The van der Waals surface area contributed by atoms with E-state index in [9.17, 15) is 9.59 Å². The molecule has 1 fully saturated rings. The minimum atomic E-state index is -0.245. The summed E-state index contributed by atoms with van der Waals surface area (Å²) in [6.07, 6.45) is 2.95. The van der Waals surface area contributed by atoms with Gasteiger partial charge in [0.15, 0.2) is 0 Å². The monoisotopic (exact) mass is 260 g/mol. The van der Waals surface area contributed by atoms with Gasteiger partial charge in [-0.25, -0.2) is 0 Å². The molecule has 1 unspecified atom stereocenters. The third kappa shape index (κ3) is 2.10. The third-order valence-corrected chi connectivity index (χ3v) is 3.69. The van der Waals surface area contributed by atoms with Crippen LogP contribution in [0, 0.1) is 0 Å². The number of nitrogens with zero attached hydrogens (tertiary/aromatic N) is 1. The second kappa shape index (κ2) is 4.66. The molecule has 3 rings (SSSR count). The topological polar surface area (TPSA) is 72.6 Å². The van der Waals surface area contributed by atoms with Crippen molar-refractivity contribution < 1.29 is 14.3 Å². The van der Waals surface area contributed by atoms with Crippen LogP contribution in [-0.2, 0) is 4.74 Å². The normalized spacial score (nSPS) is 22.1. The molecule has 2 aliphatic rings. The number of hydrogen-bond donors (Lipinski definition) is 1. The van der Waals surface area contributed by atoms with Crippen molar-refractivity contribution in [1.29, 1.82) is 0 Å². The molecule has 2 amide bonds. The molecule has 19 heavy (non-hydrogen) atoms. The van der Waals surface area contributed by atoms with Crippen molar-refractivity contribution in [3.63, 3.8) is 0 Å². The summed E-state index contributed by atoms with van der Waals surface area (Å²) >= 11 is 0. The van der Waals surface area contributed by atoms with E-state index in [1.807, 2.05) is 0 Å². The van der Waals surface area contributed by atoms with Crippen LogP contribution < -0.4 is 5.73 Å². The highest BCUT2D eigenvalue weighted by Gasteiger charge is 2.35. The van der Waals surface area contributed by atoms with Gasteiger partial charge in [-0.1, -0.05) is 0 Å². The molecule has 0 saturated carbocycles. The molecule has 100 valence electrons. The number of amides is 2. The summed E-state index contributed by atoms with van der Waals surface area (Å²) in [5.74, 6) is -0.469. The molecule has 2 heterocycles. The highest BCUT2D eigenvalue weighted by atomic mass is 16.5. The lowest BCUT2D eigenvalue weighted by Crippen LogP contribution is -2.32. The van der Waals surface area contributed by atoms with Gasteiger partial charge < -0.3 is 10.5 Å². The Balaban J connectivity index is 1.74. The summed E-state index contributed by atoms with van der Waals surface area (Å²) in [6, 6.07) is 4.84. The van der Waals surface area contributed by atoms with Gasteiger partial charge in [0.25, 0.3) is 11.8 Å². The molecule has 0 aromatic heterocycles. The van der Waals surface area contributed by atoms with Gasteiger partial charge in [-0.3, -0.25) is 14.5 Å². The van der Waals surface area contributed by atoms with E-state index in [-0.39, 0.29) is 17.9 Å². The maximum Gasteiger partial charge on any atom is 0.261 e. The van der Waals surface area contributed by atoms with Crippen molar-refractivity contribution in [2.45, 2.75) is 25.4 Å². The standard InChI is InChI=1S/C14H16N2O3/c15-9-3-4-11-12(8-9)14(18)16(13(11)17)6-5-10-2-1-7-19-10/h3-4,8,10H,1-2,5-7,15H2. The zero-order chi connectivity index (χ0) is 13.4. The minimum Gasteiger partial charge on any atom is -0.399 e. The number of ether oxygens (including phenoxy) is 1. The van der Waals surface area contributed by atoms with E-state index in [4.69, 9.17) is 10.5 Å². The van der Waals surface area contributed by atoms with E-state index in [0.717, 1.165) is 19.4 Å². The number of carbonyl (C=O) groups is 2. The molecule has 1 saturated heterocycles. The molecule has 1 aromatic rings. The summed E-state index contributed by atoms with van der Waals surface area (Å²) < 4.78 is 5.51. The Hall–Kier alpha value is -1.88. The van der Waals surface area contributed by atoms with E-state index in [0.29, 0.717) is 29.8 Å². The molecular weight excluding hydrogens is 244 g/mol. The van der Waals surface area contributed by atoms with E-state index in [1.54, 1.807) is 18.2 Å². The number of carbonyl (C=O) groups excluding carboxylic acids is 2. The molecule has 2 aliphatic heterocycles. The van der Waals surface area contributed by atoms with Crippen LogP contribution >= 0.6 is 0 Å². The fourth-order valence-corrected chi connectivity index (χ4v) is 2.66. The second-order valence-electron chi connectivity index (χ2n) is 4.99. The van der Waals surface area contributed by atoms with Gasteiger partial charge in [0.2, 0.25) is 0 Å². The summed E-state index contributed by atoms with van der Waals surface area (Å²) in [5.41, 5.74) is 7.02. The average Bonchev–Trinajstić information content (AvgIpc) is 2.98. The number of benzene rings is 1. The first-order valence-corrected chi connectivity index (χ1v) is 6.54. The first kappa shape index (κ1) is 12.2. The predicted octanol–water partition coefficient (Wildman–Crippen LogP) is 1.43. The fourth-order valence-electron chi connectivity index (χ4n) is 2.66. The molecule has 0 radical (unpaired) electrons. The first-order chi connectivity index (χ1) is 9.16. The number of hydrogen-bond acceptors (Lipinski definition) is 4. The van der Waals surface area contributed by atoms with E-state index >= 15 is 0 Å². The number of fused-ring (bicyclic) bond motifs is 1. The Kier molecular flexibility index (Phi) is 2.98. The van der Waals surface area contributed by atoms with Crippen LogP contribution in [0.4, 0.5) is 5.69 Å². The number of nitrogens with two attached hydrogens (primary N) is 1. The highest BCUT2D eigenvalue weighted by molar-refractivity contribution is 6.21. The lowest BCUT2D eigenvalue weighted by molar-refractivity contribution is 0.0592. The molecule has 0 aliphatic carbocycles. The zero-order valence-electron chi connectivity index (χ0n) is 10.6. The minimum absolute atomic E-state index is 0.175. The van der Waals surface area contributed by atoms with E-state index < -0.39 is 0 Å². The van der Waals surface area contributed by atoms with Crippen LogP contribution in [-0.4, -0.2) is 36.0 Å². The highest BCUT2D eigenvalue weighted by Crippen LogP contribution is 2.26. The summed E-state index contributed by atoms with van der Waals surface area (Å²) in [4.78, 5) is 25.6. The van der Waals surface area contributed by atoms with E-state index in [1.165, 1.54) is 4.90 Å². The second-order valence-corrected chi connectivity index (χ2v) is 4.99. The van der Waals surface area contributed by atoms with Crippen molar-refractivity contribution in [3.05, 3.63) is 29.3 Å². The number of anilines is 1. The van der Waals surface area contributed by atoms with Crippen molar-refractivity contribution in [1.82, 2.24) is 4.90 Å². The quantitative estimate of drug-likeness (QED) is 0.659. The molecule has 1 atom stereocenters. The fraction of sp³-hybridized carbons (Fsp3) is 0.429. The lowest BCUT2D eigenvalue weighted by atomic mass is 10.1. The van der Waals surface area contributed by atoms with Gasteiger partial charge in [0.05, 0.1) is 17.2 Å². The third-order valence-electron chi connectivity index (χ3n) is 3.69. The van der Waals surface area contributed by atoms with Crippen LogP contribution in [0.2, 0.25) is 0 Å². The number of imide groups is 1. The molecule has 5 heteroatoms. The van der Waals surface area contributed by atoms with Gasteiger partial charge in [-0.05, 0) is 37.5 Å². The number of nitrogen functional groups attached to an aromatic ring is 1. The average molecular weight is 260 g/mol. The maximum absolute atomic E-state index is 12.2. The molecule has 1 aromatic carbocycles. The predicted molar refractivity (Wildman–Crippen MR) is 69.8 cm³/mol. The van der Waals surface area contributed by atoms with Crippen molar-refractivity contribution in [2.24, 2.45) is 0 Å². The van der Waals surface area contributed by atoms with Crippen molar-refractivity contribution in [3.8, 4) is 0 Å². The summed E-state index contributed by atoms with van der Waals surface area (Å²) in [5, 5.41) is 0. The van der Waals surface area contributed by atoms with Crippen molar-refractivity contribution >= 4 is 17.5 Å². The largest absolute Gasteiger partial charge is 0.399 e. The Morgan fingerprint density at radius 2 is 2.05 bits per heavy atom. The first-order valence-electron chi connectivity index (χ1n) is 6.54. The number of rotatable bonds is 3. The van der Waals surface area contributed by atoms with Gasteiger partial charge in [-0.15, -0.1) is 0 Å². The van der Waals surface area contributed by atoms with Gasteiger partial charge in [0.1, 0.15) is 0 Å². The maximum atomic E-state index is 12.2. The summed E-state index contributed by atoms with van der Waals surface area (Å²) in [7, 11) is 0. The van der Waals surface area contributed by atoms with Crippen molar-refractivity contribution in [2.75, 3.05) is 18.9 Å². The molecule has 2 N–H and O–H groups in total. The molecule has 5 nitrogen and oxygen atoms in total. The Labute approximate surface area is 111 Å². The Morgan fingerprint density at radius 1 is 1.26 bits per heavy atom. The summed E-state index contributed by atoms with van der Waals surface area (Å²) in [6.45, 7) is 1.19. The smallest absolute Gasteiger partial charge is 0.261 e. The van der Waals surface area contributed by atoms with Gasteiger partial charge in [0, 0.05) is 18.8 Å². The van der Waals surface area contributed by atoms with Gasteiger partial charge >= 0.3 is 0 Å². The molecule has 0 spiro atoms. The van der Waals surface area contributed by atoms with Gasteiger partial charge in [-0.2, -0.15) is 0 Å². The lowest BCUT2D eigenvalue weighted by Gasteiger charge is -2.16. The zero-order valence-corrected chi connectivity index (χ0v) is 10.6.